The van der Waals surface area contributed by atoms with E-state index in [4.69, 9.17) is 27.6 Å². The molecule has 110 valence electrons. The minimum absolute atomic E-state index is 0.0507. The van der Waals surface area contributed by atoms with Crippen molar-refractivity contribution in [3.63, 3.8) is 0 Å². The highest BCUT2D eigenvalue weighted by Gasteiger charge is 2.14. The van der Waals surface area contributed by atoms with E-state index in [0.717, 1.165) is 0 Å². The van der Waals surface area contributed by atoms with Crippen LogP contribution in [0.2, 0.25) is 10.0 Å². The van der Waals surface area contributed by atoms with Crippen molar-refractivity contribution >= 4 is 45.8 Å². The first-order chi connectivity index (χ1) is 10.5. The molecule has 1 aromatic heterocycles. The molecule has 0 fully saturated rings. The summed E-state index contributed by atoms with van der Waals surface area (Å²) >= 11 is 11.8. The summed E-state index contributed by atoms with van der Waals surface area (Å²) in [7, 11) is 0. The number of amides is 1. The van der Waals surface area contributed by atoms with Crippen molar-refractivity contribution in [1.29, 1.82) is 0 Å². The maximum atomic E-state index is 12.2. The van der Waals surface area contributed by atoms with Crippen LogP contribution in [0.1, 0.15) is 10.4 Å². The van der Waals surface area contributed by atoms with Gasteiger partial charge in [0.15, 0.2) is 0 Å². The SMILES string of the molecule is O=C(Nc1cc2ccccc2oc1=O)c1ccc(Cl)cc1Cl. The maximum Gasteiger partial charge on any atom is 0.360 e. The quantitative estimate of drug-likeness (QED) is 0.709. The molecule has 0 spiro atoms. The van der Waals surface area contributed by atoms with Gasteiger partial charge in [0.1, 0.15) is 11.3 Å². The Labute approximate surface area is 135 Å². The van der Waals surface area contributed by atoms with Crippen molar-refractivity contribution in [3.05, 3.63) is 74.6 Å². The van der Waals surface area contributed by atoms with Crippen molar-refractivity contribution < 1.29 is 9.21 Å². The standard InChI is InChI=1S/C16H9Cl2NO3/c17-10-5-6-11(12(18)8-10)15(20)19-13-7-9-3-1-2-4-14(9)22-16(13)21/h1-8H,(H,19,20). The fourth-order valence-electron chi connectivity index (χ4n) is 2.01. The van der Waals surface area contributed by atoms with E-state index in [1.807, 2.05) is 6.07 Å². The van der Waals surface area contributed by atoms with Crippen LogP contribution in [0.15, 0.2) is 57.7 Å². The van der Waals surface area contributed by atoms with E-state index in [2.05, 4.69) is 5.32 Å². The fraction of sp³-hybridized carbons (Fsp3) is 0. The monoisotopic (exact) mass is 333 g/mol. The molecule has 3 aromatic rings. The van der Waals surface area contributed by atoms with Crippen LogP contribution in [-0.4, -0.2) is 5.91 Å². The molecule has 22 heavy (non-hydrogen) atoms. The molecule has 6 heteroatoms. The summed E-state index contributed by atoms with van der Waals surface area (Å²) < 4.78 is 5.15. The van der Waals surface area contributed by atoms with Gasteiger partial charge < -0.3 is 9.73 Å². The number of hydrogen-bond acceptors (Lipinski definition) is 3. The number of rotatable bonds is 2. The van der Waals surface area contributed by atoms with Crippen molar-refractivity contribution in [1.82, 2.24) is 0 Å². The molecule has 0 saturated carbocycles. The van der Waals surface area contributed by atoms with E-state index in [1.54, 1.807) is 30.3 Å². The molecule has 0 unspecified atom stereocenters. The lowest BCUT2D eigenvalue weighted by Gasteiger charge is -2.07. The van der Waals surface area contributed by atoms with Gasteiger partial charge in [0.2, 0.25) is 0 Å². The number of para-hydroxylation sites is 1. The van der Waals surface area contributed by atoms with Gasteiger partial charge in [-0.05, 0) is 30.3 Å². The Balaban J connectivity index is 1.97. The van der Waals surface area contributed by atoms with Crippen LogP contribution in [0.3, 0.4) is 0 Å². The highest BCUT2D eigenvalue weighted by molar-refractivity contribution is 6.37. The van der Waals surface area contributed by atoms with Crippen molar-refractivity contribution in [2.45, 2.75) is 0 Å². The number of carbonyl (C=O) groups is 1. The Bertz CT molecular complexity index is 934. The summed E-state index contributed by atoms with van der Waals surface area (Å²) in [6.45, 7) is 0. The minimum atomic E-state index is -0.628. The molecule has 0 radical (unpaired) electrons. The van der Waals surface area contributed by atoms with Gasteiger partial charge in [0.25, 0.3) is 5.91 Å². The highest BCUT2D eigenvalue weighted by Crippen LogP contribution is 2.22. The normalized spacial score (nSPS) is 10.6. The van der Waals surface area contributed by atoms with Gasteiger partial charge in [-0.15, -0.1) is 0 Å². The topological polar surface area (TPSA) is 59.3 Å². The third-order valence-corrected chi connectivity index (χ3v) is 3.61. The second kappa shape index (κ2) is 5.83. The van der Waals surface area contributed by atoms with E-state index < -0.39 is 11.5 Å². The lowest BCUT2D eigenvalue weighted by molar-refractivity contribution is 0.102. The first kappa shape index (κ1) is 14.6. The third-order valence-electron chi connectivity index (χ3n) is 3.07. The lowest BCUT2D eigenvalue weighted by Crippen LogP contribution is -2.18. The molecule has 2 aromatic carbocycles. The number of halogens is 2. The maximum absolute atomic E-state index is 12.2. The summed E-state index contributed by atoms with van der Waals surface area (Å²) in [6, 6.07) is 13.1. The summed E-state index contributed by atoms with van der Waals surface area (Å²) in [4.78, 5) is 24.1. The fourth-order valence-corrected chi connectivity index (χ4v) is 2.51. The average Bonchev–Trinajstić information content (AvgIpc) is 2.47. The lowest BCUT2D eigenvalue weighted by atomic mass is 10.2. The van der Waals surface area contributed by atoms with Crippen LogP contribution in [-0.2, 0) is 0 Å². The molecule has 1 N–H and O–H groups in total. The van der Waals surface area contributed by atoms with E-state index >= 15 is 0 Å². The molecule has 0 aliphatic heterocycles. The summed E-state index contributed by atoms with van der Waals surface area (Å²) in [6.07, 6.45) is 0. The zero-order chi connectivity index (χ0) is 15.7. The van der Waals surface area contributed by atoms with Crippen LogP contribution in [0.25, 0.3) is 11.0 Å². The Kier molecular flexibility index (Phi) is 3.88. The average molecular weight is 334 g/mol. The first-order valence-corrected chi connectivity index (χ1v) is 7.09. The summed E-state index contributed by atoms with van der Waals surface area (Å²) in [5, 5.41) is 3.84. The van der Waals surface area contributed by atoms with Gasteiger partial charge in [0.05, 0.1) is 10.6 Å². The van der Waals surface area contributed by atoms with E-state index in [0.29, 0.717) is 16.0 Å². The van der Waals surface area contributed by atoms with Crippen molar-refractivity contribution in [2.75, 3.05) is 5.32 Å². The molecule has 4 nitrogen and oxygen atoms in total. The number of benzene rings is 2. The Morgan fingerprint density at radius 1 is 1.05 bits per heavy atom. The van der Waals surface area contributed by atoms with E-state index in [9.17, 15) is 9.59 Å². The summed E-state index contributed by atoms with van der Waals surface area (Å²) in [5.41, 5.74) is 0.0977. The first-order valence-electron chi connectivity index (χ1n) is 6.34. The second-order valence-electron chi connectivity index (χ2n) is 4.56. The number of nitrogens with one attached hydrogen (secondary N) is 1. The molecule has 0 bridgehead atoms. The van der Waals surface area contributed by atoms with E-state index in [1.165, 1.54) is 12.1 Å². The van der Waals surface area contributed by atoms with Gasteiger partial charge in [-0.3, -0.25) is 4.79 Å². The number of anilines is 1. The van der Waals surface area contributed by atoms with Gasteiger partial charge in [0, 0.05) is 10.4 Å². The molecule has 3 rings (SSSR count). The smallest absolute Gasteiger partial charge is 0.360 e. The zero-order valence-corrected chi connectivity index (χ0v) is 12.6. The van der Waals surface area contributed by atoms with Crippen LogP contribution in [0, 0.1) is 0 Å². The van der Waals surface area contributed by atoms with Gasteiger partial charge in [-0.1, -0.05) is 41.4 Å². The van der Waals surface area contributed by atoms with Crippen LogP contribution >= 0.6 is 23.2 Å². The predicted molar refractivity (Wildman–Crippen MR) is 86.9 cm³/mol. The number of fused-ring (bicyclic) bond motifs is 1. The second-order valence-corrected chi connectivity index (χ2v) is 5.41. The molecular formula is C16H9Cl2NO3. The highest BCUT2D eigenvalue weighted by atomic mass is 35.5. The van der Waals surface area contributed by atoms with Crippen LogP contribution < -0.4 is 10.9 Å². The summed E-state index contributed by atoms with van der Waals surface area (Å²) in [5.74, 6) is -0.510. The van der Waals surface area contributed by atoms with Gasteiger partial charge in [-0.25, -0.2) is 4.79 Å². The molecule has 1 heterocycles. The van der Waals surface area contributed by atoms with Gasteiger partial charge in [-0.2, -0.15) is 0 Å². The Morgan fingerprint density at radius 3 is 2.59 bits per heavy atom. The minimum Gasteiger partial charge on any atom is -0.421 e. The molecule has 1 amide bonds. The largest absolute Gasteiger partial charge is 0.421 e. The number of carbonyl (C=O) groups excluding carboxylic acids is 1. The molecule has 0 atom stereocenters. The Morgan fingerprint density at radius 2 is 1.82 bits per heavy atom. The van der Waals surface area contributed by atoms with Crippen molar-refractivity contribution in [3.8, 4) is 0 Å². The zero-order valence-electron chi connectivity index (χ0n) is 11.1. The molecule has 0 aliphatic rings. The van der Waals surface area contributed by atoms with E-state index in [-0.39, 0.29) is 16.3 Å². The van der Waals surface area contributed by atoms with Crippen molar-refractivity contribution in [2.24, 2.45) is 0 Å². The number of hydrogen-bond donors (Lipinski definition) is 1. The Hall–Kier alpha value is -2.30. The molecular weight excluding hydrogens is 325 g/mol. The van der Waals surface area contributed by atoms with Gasteiger partial charge >= 0.3 is 5.63 Å². The van der Waals surface area contributed by atoms with Crippen LogP contribution in [0.5, 0.6) is 0 Å². The molecule has 0 saturated heterocycles. The predicted octanol–water partition coefficient (Wildman–Crippen LogP) is 4.35. The molecule has 0 aliphatic carbocycles. The third kappa shape index (κ3) is 2.84. The van der Waals surface area contributed by atoms with Crippen LogP contribution in [0.4, 0.5) is 5.69 Å².